The first kappa shape index (κ1) is 20.0. The molecule has 31 heavy (non-hydrogen) atoms. The van der Waals surface area contributed by atoms with E-state index >= 15 is 0 Å². The molecule has 4 heteroatoms. The van der Waals surface area contributed by atoms with E-state index in [0.29, 0.717) is 0 Å². The van der Waals surface area contributed by atoms with Crippen LogP contribution in [0.3, 0.4) is 0 Å². The van der Waals surface area contributed by atoms with E-state index in [0.717, 1.165) is 17.1 Å². The second-order valence-corrected chi connectivity index (χ2v) is 8.67. The summed E-state index contributed by atoms with van der Waals surface area (Å²) in [6.45, 7) is 3.47. The van der Waals surface area contributed by atoms with Gasteiger partial charge in [-0.1, -0.05) is 72.3 Å². The van der Waals surface area contributed by atoms with E-state index < -0.39 is 0 Å². The molecule has 1 fully saturated rings. The molecule has 0 N–H and O–H groups in total. The molecule has 4 aromatic rings. The first-order valence-electron chi connectivity index (χ1n) is 10.9. The SMILES string of the molecule is Clc1ccc(-c2ccccc2C(c2ccc(CN3CCCC3)cc2)n2ccnc2)cc1. The highest BCUT2D eigenvalue weighted by Crippen LogP contribution is 2.35. The van der Waals surface area contributed by atoms with Gasteiger partial charge in [-0.3, -0.25) is 4.90 Å². The van der Waals surface area contributed by atoms with E-state index in [-0.39, 0.29) is 6.04 Å². The Bertz CT molecular complexity index is 1110. The maximum Gasteiger partial charge on any atom is 0.0954 e. The summed E-state index contributed by atoms with van der Waals surface area (Å²) in [4.78, 5) is 6.87. The zero-order chi connectivity index (χ0) is 21.0. The Balaban J connectivity index is 1.53. The van der Waals surface area contributed by atoms with Crippen LogP contribution in [-0.2, 0) is 6.54 Å². The summed E-state index contributed by atoms with van der Waals surface area (Å²) in [5, 5.41) is 0.751. The minimum Gasteiger partial charge on any atom is -0.326 e. The smallest absolute Gasteiger partial charge is 0.0954 e. The van der Waals surface area contributed by atoms with Crippen molar-refractivity contribution in [3.8, 4) is 11.1 Å². The third kappa shape index (κ3) is 4.43. The Morgan fingerprint density at radius 1 is 0.871 bits per heavy atom. The molecule has 0 amide bonds. The molecule has 3 aromatic carbocycles. The highest BCUT2D eigenvalue weighted by atomic mass is 35.5. The molecule has 0 bridgehead atoms. The number of benzene rings is 3. The Hall–Kier alpha value is -2.88. The summed E-state index contributed by atoms with van der Waals surface area (Å²) in [6.07, 6.45) is 8.44. The zero-order valence-corrected chi connectivity index (χ0v) is 18.2. The van der Waals surface area contributed by atoms with E-state index in [1.54, 1.807) is 0 Å². The maximum atomic E-state index is 6.14. The first-order chi connectivity index (χ1) is 15.3. The van der Waals surface area contributed by atoms with Gasteiger partial charge in [-0.25, -0.2) is 4.98 Å². The third-order valence-electron chi connectivity index (χ3n) is 6.13. The normalized spacial score (nSPS) is 15.3. The van der Waals surface area contributed by atoms with Crippen LogP contribution in [0.4, 0.5) is 0 Å². The molecule has 5 rings (SSSR count). The van der Waals surface area contributed by atoms with Gasteiger partial charge < -0.3 is 4.57 Å². The average Bonchev–Trinajstić information content (AvgIpc) is 3.51. The quantitative estimate of drug-likeness (QED) is 0.353. The molecule has 2 heterocycles. The van der Waals surface area contributed by atoms with Crippen molar-refractivity contribution in [2.75, 3.05) is 13.1 Å². The number of imidazole rings is 1. The van der Waals surface area contributed by atoms with Crippen LogP contribution in [0.15, 0.2) is 91.5 Å². The number of hydrogen-bond donors (Lipinski definition) is 0. The van der Waals surface area contributed by atoms with Gasteiger partial charge in [0.25, 0.3) is 0 Å². The summed E-state index contributed by atoms with van der Waals surface area (Å²) < 4.78 is 2.18. The standard InChI is InChI=1S/C27H26ClN3/c28-24-13-11-22(12-14-24)25-5-1-2-6-26(25)27(31-18-15-29-20-31)23-9-7-21(8-10-23)19-30-16-3-4-17-30/h1-2,5-15,18,20,27H,3-4,16-17,19H2. The Morgan fingerprint density at radius 2 is 1.61 bits per heavy atom. The number of halogens is 1. The fraction of sp³-hybridized carbons (Fsp3) is 0.222. The number of likely N-dealkylation sites (tertiary alicyclic amines) is 1. The average molecular weight is 428 g/mol. The molecule has 1 saturated heterocycles. The predicted octanol–water partition coefficient (Wildman–Crippen LogP) is 6.44. The zero-order valence-electron chi connectivity index (χ0n) is 17.5. The van der Waals surface area contributed by atoms with Crippen molar-refractivity contribution < 1.29 is 0 Å². The lowest BCUT2D eigenvalue weighted by Crippen LogP contribution is -2.18. The Kier molecular flexibility index (Phi) is 5.88. The number of nitrogens with zero attached hydrogens (tertiary/aromatic N) is 3. The molecule has 3 nitrogen and oxygen atoms in total. The van der Waals surface area contributed by atoms with Crippen molar-refractivity contribution >= 4 is 11.6 Å². The van der Waals surface area contributed by atoms with Gasteiger partial charge in [0, 0.05) is 24.0 Å². The summed E-state index contributed by atoms with van der Waals surface area (Å²) in [7, 11) is 0. The highest BCUT2D eigenvalue weighted by molar-refractivity contribution is 6.30. The van der Waals surface area contributed by atoms with Crippen LogP contribution in [0.5, 0.6) is 0 Å². The van der Waals surface area contributed by atoms with Crippen molar-refractivity contribution in [2.45, 2.75) is 25.4 Å². The first-order valence-corrected chi connectivity index (χ1v) is 11.3. The van der Waals surface area contributed by atoms with Gasteiger partial charge in [-0.2, -0.15) is 0 Å². The number of hydrogen-bond acceptors (Lipinski definition) is 2. The van der Waals surface area contributed by atoms with Crippen molar-refractivity contribution in [2.24, 2.45) is 0 Å². The molecule has 156 valence electrons. The summed E-state index contributed by atoms with van der Waals surface area (Å²) in [6, 6.07) is 25.8. The third-order valence-corrected chi connectivity index (χ3v) is 6.39. The highest BCUT2D eigenvalue weighted by Gasteiger charge is 2.20. The van der Waals surface area contributed by atoms with Crippen molar-refractivity contribution in [1.29, 1.82) is 0 Å². The van der Waals surface area contributed by atoms with E-state index in [1.807, 2.05) is 30.9 Å². The van der Waals surface area contributed by atoms with Crippen molar-refractivity contribution in [3.63, 3.8) is 0 Å². The molecule has 1 aliphatic heterocycles. The van der Waals surface area contributed by atoms with Gasteiger partial charge >= 0.3 is 0 Å². The van der Waals surface area contributed by atoms with Crippen LogP contribution < -0.4 is 0 Å². The van der Waals surface area contributed by atoms with Gasteiger partial charge in [0.15, 0.2) is 0 Å². The fourth-order valence-electron chi connectivity index (χ4n) is 4.57. The summed E-state index contributed by atoms with van der Waals surface area (Å²) in [5.74, 6) is 0. The summed E-state index contributed by atoms with van der Waals surface area (Å²) in [5.41, 5.74) is 6.25. The van der Waals surface area contributed by atoms with Gasteiger partial charge in [-0.15, -0.1) is 0 Å². The van der Waals surface area contributed by atoms with Gasteiger partial charge in [0.2, 0.25) is 0 Å². The van der Waals surface area contributed by atoms with Crippen molar-refractivity contribution in [1.82, 2.24) is 14.5 Å². The second-order valence-electron chi connectivity index (χ2n) is 8.23. The Morgan fingerprint density at radius 3 is 2.32 bits per heavy atom. The molecular formula is C27H26ClN3. The lowest BCUT2D eigenvalue weighted by atomic mass is 9.90. The van der Waals surface area contributed by atoms with Crippen LogP contribution in [0.1, 0.15) is 35.6 Å². The molecule has 0 aliphatic carbocycles. The molecule has 1 aromatic heterocycles. The molecule has 0 spiro atoms. The monoisotopic (exact) mass is 427 g/mol. The molecule has 0 saturated carbocycles. The topological polar surface area (TPSA) is 21.1 Å². The lowest BCUT2D eigenvalue weighted by molar-refractivity contribution is 0.331. The Labute approximate surface area is 188 Å². The van der Waals surface area contributed by atoms with E-state index in [9.17, 15) is 0 Å². The number of aromatic nitrogens is 2. The van der Waals surface area contributed by atoms with Crippen LogP contribution in [0, 0.1) is 0 Å². The van der Waals surface area contributed by atoms with Crippen LogP contribution in [0.2, 0.25) is 5.02 Å². The predicted molar refractivity (Wildman–Crippen MR) is 127 cm³/mol. The summed E-state index contributed by atoms with van der Waals surface area (Å²) >= 11 is 6.14. The minimum atomic E-state index is 0.0511. The van der Waals surface area contributed by atoms with Crippen LogP contribution in [-0.4, -0.2) is 27.5 Å². The number of rotatable bonds is 6. The molecular weight excluding hydrogens is 402 g/mol. The van der Waals surface area contributed by atoms with E-state index in [1.165, 1.54) is 48.2 Å². The van der Waals surface area contributed by atoms with Crippen molar-refractivity contribution in [3.05, 3.63) is 113 Å². The molecule has 1 atom stereocenters. The fourth-order valence-corrected chi connectivity index (χ4v) is 4.69. The molecule has 0 radical (unpaired) electrons. The maximum absolute atomic E-state index is 6.14. The van der Waals surface area contributed by atoms with E-state index in [4.69, 9.17) is 11.6 Å². The van der Waals surface area contributed by atoms with Gasteiger partial charge in [0.05, 0.1) is 12.4 Å². The minimum absolute atomic E-state index is 0.0511. The van der Waals surface area contributed by atoms with Crippen LogP contribution >= 0.6 is 11.6 Å². The van der Waals surface area contributed by atoms with Crippen LogP contribution in [0.25, 0.3) is 11.1 Å². The molecule has 1 aliphatic rings. The van der Waals surface area contributed by atoms with E-state index in [2.05, 4.69) is 75.1 Å². The largest absolute Gasteiger partial charge is 0.326 e. The second kappa shape index (κ2) is 9.09. The lowest BCUT2D eigenvalue weighted by Gasteiger charge is -2.23. The molecule has 1 unspecified atom stereocenters. The van der Waals surface area contributed by atoms with Gasteiger partial charge in [-0.05, 0) is 65.9 Å². The van der Waals surface area contributed by atoms with Gasteiger partial charge in [0.1, 0.15) is 0 Å².